The molecule has 0 aromatic rings. The molecule has 0 aromatic carbocycles. The fourth-order valence-electron chi connectivity index (χ4n) is 9.21. The Balaban J connectivity index is 4.09. The number of hydrogen-bond donors (Lipinski definition) is 0. The number of carbonyl (C=O) groups excluding carboxylic acids is 3. The highest BCUT2D eigenvalue weighted by atomic mass is 16.6. The van der Waals surface area contributed by atoms with Crippen LogP contribution in [0.15, 0.2) is 72.9 Å². The van der Waals surface area contributed by atoms with Crippen LogP contribution in [0, 0.1) is 0 Å². The Morgan fingerprint density at radius 1 is 0.284 bits per heavy atom. The van der Waals surface area contributed by atoms with Crippen molar-refractivity contribution in [3.8, 4) is 0 Å². The van der Waals surface area contributed by atoms with E-state index in [4.69, 9.17) is 14.2 Å². The predicted octanol–water partition coefficient (Wildman–Crippen LogP) is 21.7. The Labute approximate surface area is 459 Å². The first kappa shape index (κ1) is 70.8. The summed E-state index contributed by atoms with van der Waals surface area (Å²) >= 11 is 0. The third kappa shape index (κ3) is 59.7. The Morgan fingerprint density at radius 2 is 0.527 bits per heavy atom. The molecule has 0 aliphatic carbocycles. The number of rotatable bonds is 58. The second-order valence-corrected chi connectivity index (χ2v) is 21.3. The zero-order valence-electron chi connectivity index (χ0n) is 49.1. The lowest BCUT2D eigenvalue weighted by Crippen LogP contribution is -2.30. The summed E-state index contributed by atoms with van der Waals surface area (Å²) in [4.78, 5) is 38.0. The molecule has 0 rings (SSSR count). The van der Waals surface area contributed by atoms with Crippen molar-refractivity contribution in [2.24, 2.45) is 0 Å². The molecule has 0 aromatic heterocycles. The first-order valence-corrected chi connectivity index (χ1v) is 31.9. The van der Waals surface area contributed by atoms with E-state index in [2.05, 4.69) is 93.7 Å². The van der Waals surface area contributed by atoms with Crippen LogP contribution in [0.1, 0.15) is 323 Å². The van der Waals surface area contributed by atoms with Crippen molar-refractivity contribution < 1.29 is 28.6 Å². The Bertz CT molecular complexity index is 1370. The van der Waals surface area contributed by atoms with E-state index in [-0.39, 0.29) is 31.1 Å². The minimum Gasteiger partial charge on any atom is -0.462 e. The van der Waals surface area contributed by atoms with Crippen LogP contribution in [0.5, 0.6) is 0 Å². The molecule has 6 heteroatoms. The second-order valence-electron chi connectivity index (χ2n) is 21.3. The molecule has 6 nitrogen and oxygen atoms in total. The van der Waals surface area contributed by atoms with Gasteiger partial charge >= 0.3 is 17.9 Å². The van der Waals surface area contributed by atoms with Crippen molar-refractivity contribution in [1.82, 2.24) is 0 Å². The number of hydrogen-bond acceptors (Lipinski definition) is 6. The van der Waals surface area contributed by atoms with Gasteiger partial charge < -0.3 is 14.2 Å². The number of allylic oxidation sites excluding steroid dienone is 12. The van der Waals surface area contributed by atoms with E-state index in [0.717, 1.165) is 103 Å². The van der Waals surface area contributed by atoms with Crippen molar-refractivity contribution in [2.75, 3.05) is 13.2 Å². The summed E-state index contributed by atoms with van der Waals surface area (Å²) in [6, 6.07) is 0. The molecule has 1 atom stereocenters. The van der Waals surface area contributed by atoms with Gasteiger partial charge in [0.15, 0.2) is 6.10 Å². The van der Waals surface area contributed by atoms with Gasteiger partial charge in [-0.05, 0) is 70.6 Å². The molecule has 1 unspecified atom stereocenters. The molecule has 0 fully saturated rings. The van der Waals surface area contributed by atoms with E-state index in [1.54, 1.807) is 0 Å². The summed E-state index contributed by atoms with van der Waals surface area (Å²) in [5.74, 6) is -0.878. The van der Waals surface area contributed by atoms with Gasteiger partial charge in [-0.1, -0.05) is 306 Å². The zero-order valence-corrected chi connectivity index (χ0v) is 49.1. The number of unbranched alkanes of at least 4 members (excludes halogenated alkanes) is 35. The van der Waals surface area contributed by atoms with Gasteiger partial charge in [-0.3, -0.25) is 14.4 Å². The Hall–Kier alpha value is -3.15. The molecule has 0 N–H and O–H groups in total. The van der Waals surface area contributed by atoms with Crippen molar-refractivity contribution in [1.29, 1.82) is 0 Å². The lowest BCUT2D eigenvalue weighted by Gasteiger charge is -2.18. The van der Waals surface area contributed by atoms with Crippen LogP contribution in [0.3, 0.4) is 0 Å². The summed E-state index contributed by atoms with van der Waals surface area (Å²) in [5, 5.41) is 0. The van der Waals surface area contributed by atoms with E-state index >= 15 is 0 Å². The first-order chi connectivity index (χ1) is 36.5. The zero-order chi connectivity index (χ0) is 53.6. The maximum atomic E-state index is 12.8. The molecular formula is C68H120O6. The fraction of sp³-hybridized carbons (Fsp3) is 0.779. The maximum absolute atomic E-state index is 12.8. The van der Waals surface area contributed by atoms with Gasteiger partial charge in [0.2, 0.25) is 0 Å². The predicted molar refractivity (Wildman–Crippen MR) is 321 cm³/mol. The number of esters is 3. The van der Waals surface area contributed by atoms with E-state index in [0.29, 0.717) is 19.3 Å². The van der Waals surface area contributed by atoms with Crippen molar-refractivity contribution in [3.63, 3.8) is 0 Å². The molecule has 0 heterocycles. The van der Waals surface area contributed by atoms with Gasteiger partial charge in [0, 0.05) is 19.3 Å². The third-order valence-electron chi connectivity index (χ3n) is 14.0. The largest absolute Gasteiger partial charge is 0.462 e. The average Bonchev–Trinajstić information content (AvgIpc) is 3.40. The minimum absolute atomic E-state index is 0.0749. The Kier molecular flexibility index (Phi) is 59.7. The van der Waals surface area contributed by atoms with Crippen molar-refractivity contribution >= 4 is 17.9 Å². The van der Waals surface area contributed by atoms with Crippen LogP contribution in [-0.4, -0.2) is 37.2 Å². The highest BCUT2D eigenvalue weighted by Gasteiger charge is 2.19. The van der Waals surface area contributed by atoms with Crippen molar-refractivity contribution in [2.45, 2.75) is 329 Å². The molecule has 0 bridgehead atoms. The lowest BCUT2D eigenvalue weighted by molar-refractivity contribution is -0.167. The molecule has 0 spiro atoms. The van der Waals surface area contributed by atoms with Gasteiger partial charge in [0.25, 0.3) is 0 Å². The molecule has 0 aliphatic heterocycles. The third-order valence-corrected chi connectivity index (χ3v) is 14.0. The van der Waals surface area contributed by atoms with Crippen LogP contribution in [0.25, 0.3) is 0 Å². The topological polar surface area (TPSA) is 78.9 Å². The van der Waals surface area contributed by atoms with E-state index < -0.39 is 6.10 Å². The first-order valence-electron chi connectivity index (χ1n) is 31.9. The standard InChI is InChI=1S/C68H120O6/c1-4-7-10-13-16-18-20-22-24-26-28-30-32-33-34-35-37-38-40-42-44-46-48-50-52-55-58-61-67(70)73-64-65(63-72-66(69)60-57-54-15-12-9-6-3)74-68(71)62-59-56-53-51-49-47-45-43-41-39-36-31-29-27-25-23-21-19-17-14-11-8-5-2/h7,10,16,18,22,24,28,30,33-34,37-38,65H,4-6,8-9,11-15,17,19-21,23,25-27,29,31-32,35-36,39-64H2,1-3H3/b10-7-,18-16-,24-22-,30-28-,34-33-,38-37-. The Morgan fingerprint density at radius 3 is 0.824 bits per heavy atom. The molecule has 0 radical (unpaired) electrons. The average molecular weight is 1030 g/mol. The maximum Gasteiger partial charge on any atom is 0.306 e. The molecule has 0 amide bonds. The highest BCUT2D eigenvalue weighted by molar-refractivity contribution is 5.71. The van der Waals surface area contributed by atoms with Crippen LogP contribution < -0.4 is 0 Å². The minimum atomic E-state index is -0.774. The molecule has 0 aliphatic rings. The molecular weight excluding hydrogens is 913 g/mol. The van der Waals surface area contributed by atoms with E-state index in [9.17, 15) is 14.4 Å². The monoisotopic (exact) mass is 1030 g/mol. The van der Waals surface area contributed by atoms with E-state index in [1.807, 2.05) is 0 Å². The molecule has 0 saturated heterocycles. The van der Waals surface area contributed by atoms with Gasteiger partial charge in [-0.2, -0.15) is 0 Å². The van der Waals surface area contributed by atoms with Gasteiger partial charge in [0.05, 0.1) is 0 Å². The highest BCUT2D eigenvalue weighted by Crippen LogP contribution is 2.17. The summed E-state index contributed by atoms with van der Waals surface area (Å²) in [7, 11) is 0. The van der Waals surface area contributed by atoms with Crippen LogP contribution in [-0.2, 0) is 28.6 Å². The van der Waals surface area contributed by atoms with Crippen LogP contribution >= 0.6 is 0 Å². The fourth-order valence-corrected chi connectivity index (χ4v) is 9.21. The van der Waals surface area contributed by atoms with E-state index in [1.165, 1.54) is 180 Å². The molecule has 74 heavy (non-hydrogen) atoms. The summed E-state index contributed by atoms with van der Waals surface area (Å²) in [6.07, 6.45) is 80.9. The quantitative estimate of drug-likeness (QED) is 0.0261. The smallest absolute Gasteiger partial charge is 0.306 e. The number of carbonyl (C=O) groups is 3. The molecule has 0 saturated carbocycles. The summed E-state index contributed by atoms with van der Waals surface area (Å²) in [5.41, 5.74) is 0. The van der Waals surface area contributed by atoms with Crippen LogP contribution in [0.4, 0.5) is 0 Å². The second kappa shape index (κ2) is 62.4. The lowest BCUT2D eigenvalue weighted by atomic mass is 10.0. The normalized spacial score (nSPS) is 12.5. The van der Waals surface area contributed by atoms with Crippen molar-refractivity contribution in [3.05, 3.63) is 72.9 Å². The number of ether oxygens (including phenoxy) is 3. The van der Waals surface area contributed by atoms with Gasteiger partial charge in [-0.15, -0.1) is 0 Å². The summed E-state index contributed by atoms with van der Waals surface area (Å²) < 4.78 is 16.8. The van der Waals surface area contributed by atoms with Gasteiger partial charge in [-0.25, -0.2) is 0 Å². The van der Waals surface area contributed by atoms with Crippen LogP contribution in [0.2, 0.25) is 0 Å². The summed E-state index contributed by atoms with van der Waals surface area (Å²) in [6.45, 7) is 6.50. The molecule has 428 valence electrons. The SMILES string of the molecule is CC/C=C\C/C=C\C/C=C\C/C=C\C/C=C\C/C=C\CCCCCCCCCCC(=O)OCC(COC(=O)CCCCCCCC)OC(=O)CCCCCCCCCCCCCCCCCCCCCCCCC. The van der Waals surface area contributed by atoms with Gasteiger partial charge in [0.1, 0.15) is 13.2 Å².